The molecule has 0 radical (unpaired) electrons. The van der Waals surface area contributed by atoms with Crippen molar-refractivity contribution in [2.45, 2.75) is 0 Å². The number of rotatable bonds is 0. The third kappa shape index (κ3) is 3.22. The van der Waals surface area contributed by atoms with Crippen LogP contribution in [0.1, 0.15) is 5.56 Å². The standard InChI is InChI=1S/C6H7N2.K/c1-5-2-3-6(7)8-4-5;/h2-4H,1H2,(H2,7,8);/q-1;+1. The number of hydrogen-bond donors (Lipinski definition) is 1. The van der Waals surface area contributed by atoms with Crippen LogP contribution in [0.25, 0.3) is 0 Å². The monoisotopic (exact) mass is 146 g/mol. The zero-order valence-corrected chi connectivity index (χ0v) is 8.59. The molecule has 0 spiro atoms. The van der Waals surface area contributed by atoms with E-state index in [0.717, 1.165) is 5.56 Å². The van der Waals surface area contributed by atoms with Crippen LogP contribution >= 0.6 is 0 Å². The van der Waals surface area contributed by atoms with Crippen molar-refractivity contribution in [3.63, 3.8) is 0 Å². The molecule has 1 aromatic heterocycles. The van der Waals surface area contributed by atoms with Crippen molar-refractivity contribution in [3.8, 4) is 0 Å². The molecule has 1 heterocycles. The second-order valence-electron chi connectivity index (χ2n) is 1.59. The summed E-state index contributed by atoms with van der Waals surface area (Å²) in [5, 5.41) is 0. The first-order valence-electron chi connectivity index (χ1n) is 2.32. The summed E-state index contributed by atoms with van der Waals surface area (Å²) in [6, 6.07) is 3.55. The Kier molecular flexibility index (Phi) is 4.52. The molecule has 2 nitrogen and oxygen atoms in total. The van der Waals surface area contributed by atoms with Gasteiger partial charge >= 0.3 is 51.4 Å². The van der Waals surface area contributed by atoms with Crippen LogP contribution in [-0.4, -0.2) is 4.98 Å². The Balaban J connectivity index is 0.000000640. The van der Waals surface area contributed by atoms with Crippen LogP contribution in [-0.2, 0) is 0 Å². The minimum Gasteiger partial charge on any atom is -0.385 e. The van der Waals surface area contributed by atoms with E-state index in [4.69, 9.17) is 5.73 Å². The summed E-state index contributed by atoms with van der Waals surface area (Å²) in [7, 11) is 0. The Morgan fingerprint density at radius 1 is 1.44 bits per heavy atom. The Labute approximate surface area is 97.3 Å². The largest absolute Gasteiger partial charge is 1.00 e. The fraction of sp³-hybridized carbons (Fsp3) is 0. The number of pyridine rings is 1. The van der Waals surface area contributed by atoms with Gasteiger partial charge in [0, 0.05) is 0 Å². The number of hydrogen-bond acceptors (Lipinski definition) is 2. The number of nitrogens with zero attached hydrogens (tertiary/aromatic N) is 1. The predicted octanol–water partition coefficient (Wildman–Crippen LogP) is -2.15. The van der Waals surface area contributed by atoms with Crippen molar-refractivity contribution < 1.29 is 51.4 Å². The molecular formula is C6H7KN2. The van der Waals surface area contributed by atoms with Gasteiger partial charge in [-0.05, 0) is 0 Å². The fourth-order valence-corrected chi connectivity index (χ4v) is 0.436. The number of nitrogen functional groups attached to an aromatic ring is 1. The van der Waals surface area contributed by atoms with Gasteiger partial charge in [0.25, 0.3) is 0 Å². The molecule has 0 aliphatic heterocycles. The van der Waals surface area contributed by atoms with Crippen LogP contribution in [0.15, 0.2) is 18.3 Å². The molecule has 2 N–H and O–H groups in total. The predicted molar refractivity (Wildman–Crippen MR) is 33.1 cm³/mol. The minimum absolute atomic E-state index is 0. The maximum Gasteiger partial charge on any atom is 1.00 e. The van der Waals surface area contributed by atoms with E-state index in [1.54, 1.807) is 12.3 Å². The second-order valence-corrected chi connectivity index (χ2v) is 1.59. The molecule has 42 valence electrons. The number of anilines is 1. The van der Waals surface area contributed by atoms with Crippen LogP contribution in [0, 0.1) is 6.92 Å². The summed E-state index contributed by atoms with van der Waals surface area (Å²) in [4.78, 5) is 3.79. The van der Waals surface area contributed by atoms with Gasteiger partial charge in [-0.1, -0.05) is 12.3 Å². The molecule has 1 aromatic rings. The van der Waals surface area contributed by atoms with Crippen LogP contribution < -0.4 is 57.1 Å². The van der Waals surface area contributed by atoms with Gasteiger partial charge in [-0.15, -0.1) is 0 Å². The van der Waals surface area contributed by atoms with Crippen molar-refractivity contribution in [1.29, 1.82) is 0 Å². The second kappa shape index (κ2) is 4.30. The molecule has 9 heavy (non-hydrogen) atoms. The first kappa shape index (κ1) is 9.46. The van der Waals surface area contributed by atoms with E-state index in [1.807, 2.05) is 6.07 Å². The smallest absolute Gasteiger partial charge is 0.385 e. The molecule has 0 atom stereocenters. The number of nitrogens with two attached hydrogens (primary N) is 1. The fourth-order valence-electron chi connectivity index (χ4n) is 0.436. The molecule has 0 aliphatic rings. The average molecular weight is 146 g/mol. The van der Waals surface area contributed by atoms with Gasteiger partial charge in [0.15, 0.2) is 0 Å². The average Bonchev–Trinajstić information content (AvgIpc) is 1.77. The molecule has 0 saturated carbocycles. The summed E-state index contributed by atoms with van der Waals surface area (Å²) < 4.78 is 0. The normalized spacial score (nSPS) is 8.00. The van der Waals surface area contributed by atoms with Crippen molar-refractivity contribution in [3.05, 3.63) is 30.8 Å². The van der Waals surface area contributed by atoms with Gasteiger partial charge in [0.05, 0.1) is 5.82 Å². The topological polar surface area (TPSA) is 38.9 Å². The Morgan fingerprint density at radius 2 is 2.11 bits per heavy atom. The van der Waals surface area contributed by atoms with Crippen LogP contribution in [0.2, 0.25) is 0 Å². The van der Waals surface area contributed by atoms with Crippen LogP contribution in [0.5, 0.6) is 0 Å². The van der Waals surface area contributed by atoms with Crippen molar-refractivity contribution >= 4 is 5.82 Å². The van der Waals surface area contributed by atoms with Crippen LogP contribution in [0.3, 0.4) is 0 Å². The summed E-state index contributed by atoms with van der Waals surface area (Å²) in [6.07, 6.45) is 1.63. The Bertz CT molecular complexity index is 150. The van der Waals surface area contributed by atoms with Gasteiger partial charge in [0.2, 0.25) is 0 Å². The van der Waals surface area contributed by atoms with E-state index in [1.165, 1.54) is 0 Å². The van der Waals surface area contributed by atoms with E-state index >= 15 is 0 Å². The van der Waals surface area contributed by atoms with Gasteiger partial charge in [0.1, 0.15) is 0 Å². The molecular weight excluding hydrogens is 139 g/mol. The van der Waals surface area contributed by atoms with E-state index in [2.05, 4.69) is 11.9 Å². The van der Waals surface area contributed by atoms with E-state index < -0.39 is 0 Å². The zero-order chi connectivity index (χ0) is 5.98. The first-order valence-corrected chi connectivity index (χ1v) is 2.32. The third-order valence-electron chi connectivity index (χ3n) is 0.848. The van der Waals surface area contributed by atoms with Gasteiger partial charge in [-0.25, -0.2) is 0 Å². The summed E-state index contributed by atoms with van der Waals surface area (Å²) >= 11 is 0. The molecule has 0 bridgehead atoms. The molecule has 0 aliphatic carbocycles. The van der Waals surface area contributed by atoms with Crippen molar-refractivity contribution in [1.82, 2.24) is 4.98 Å². The maximum absolute atomic E-state index is 5.29. The van der Waals surface area contributed by atoms with Crippen molar-refractivity contribution in [2.24, 2.45) is 0 Å². The molecule has 0 amide bonds. The van der Waals surface area contributed by atoms with E-state index in [0.29, 0.717) is 5.82 Å². The SMILES string of the molecule is [CH2-]c1ccc(N)nc1.[K+]. The minimum atomic E-state index is 0. The molecule has 0 unspecified atom stereocenters. The molecule has 0 fully saturated rings. The third-order valence-corrected chi connectivity index (χ3v) is 0.848. The van der Waals surface area contributed by atoms with Gasteiger partial charge in [-0.2, -0.15) is 18.6 Å². The molecule has 0 aromatic carbocycles. The van der Waals surface area contributed by atoms with E-state index in [-0.39, 0.29) is 51.4 Å². The van der Waals surface area contributed by atoms with Crippen LogP contribution in [0.4, 0.5) is 5.82 Å². The first-order chi connectivity index (χ1) is 3.79. The Morgan fingerprint density at radius 3 is 2.44 bits per heavy atom. The summed E-state index contributed by atoms with van der Waals surface area (Å²) in [6.45, 7) is 3.64. The van der Waals surface area contributed by atoms with Crippen molar-refractivity contribution in [2.75, 3.05) is 5.73 Å². The maximum atomic E-state index is 5.29. The summed E-state index contributed by atoms with van der Waals surface area (Å²) in [5.74, 6) is 0.539. The summed E-state index contributed by atoms with van der Waals surface area (Å²) in [5.41, 5.74) is 6.18. The molecule has 3 heteroatoms. The van der Waals surface area contributed by atoms with E-state index in [9.17, 15) is 0 Å². The number of aromatic nitrogens is 1. The Hall–Kier alpha value is 0.456. The zero-order valence-electron chi connectivity index (χ0n) is 5.46. The van der Waals surface area contributed by atoms with Gasteiger partial charge in [-0.3, -0.25) is 0 Å². The quantitative estimate of drug-likeness (QED) is 0.335. The van der Waals surface area contributed by atoms with Gasteiger partial charge < -0.3 is 10.7 Å². The molecule has 1 rings (SSSR count). The molecule has 0 saturated heterocycles.